The number of carbonyl (C=O) groups is 3. The van der Waals surface area contributed by atoms with Crippen molar-refractivity contribution >= 4 is 17.7 Å². The molecule has 0 radical (unpaired) electrons. The van der Waals surface area contributed by atoms with E-state index < -0.39 is 41.0 Å². The fourth-order valence-corrected chi connectivity index (χ4v) is 5.78. The average Bonchev–Trinajstić information content (AvgIpc) is 2.89. The van der Waals surface area contributed by atoms with Gasteiger partial charge in [-0.15, -0.1) is 0 Å². The predicted molar refractivity (Wildman–Crippen MR) is 137 cm³/mol. The van der Waals surface area contributed by atoms with Crippen molar-refractivity contribution in [2.45, 2.75) is 51.2 Å². The molecule has 39 heavy (non-hydrogen) atoms. The van der Waals surface area contributed by atoms with E-state index in [1.807, 2.05) is 18.2 Å². The molecule has 2 aliphatic heterocycles. The molecule has 0 bridgehead atoms. The molecule has 1 unspecified atom stereocenters. The first kappa shape index (κ1) is 28.6. The Bertz CT molecular complexity index is 1220. The summed E-state index contributed by atoms with van der Waals surface area (Å²) in [5.74, 6) is -2.77. The van der Waals surface area contributed by atoms with Crippen LogP contribution in [0.3, 0.4) is 0 Å². The molecule has 1 spiro atoms. The SMILES string of the molecule is CC(C)[C@@H](NC(=O)c1cc(C(F)(F)F)ccc1F)C(=O)N1CCC2(CC1)CC(=O)N(C)CC2c1ccccc1. The van der Waals surface area contributed by atoms with Crippen LogP contribution < -0.4 is 5.32 Å². The molecule has 2 saturated heterocycles. The van der Waals surface area contributed by atoms with Crippen molar-refractivity contribution in [3.63, 3.8) is 0 Å². The Kier molecular flexibility index (Phi) is 8.04. The minimum Gasteiger partial charge on any atom is -0.345 e. The fourth-order valence-electron chi connectivity index (χ4n) is 5.78. The van der Waals surface area contributed by atoms with Crippen molar-refractivity contribution in [1.29, 1.82) is 0 Å². The molecule has 2 aliphatic rings. The van der Waals surface area contributed by atoms with Crippen LogP contribution in [0.5, 0.6) is 0 Å². The lowest BCUT2D eigenvalue weighted by Gasteiger charge is -2.51. The second kappa shape index (κ2) is 11.0. The molecule has 1 N–H and O–H groups in total. The van der Waals surface area contributed by atoms with Crippen LogP contribution in [0.1, 0.15) is 60.5 Å². The fraction of sp³-hybridized carbons (Fsp3) is 0.483. The van der Waals surface area contributed by atoms with E-state index >= 15 is 0 Å². The molecule has 10 heteroatoms. The van der Waals surface area contributed by atoms with Gasteiger partial charge in [-0.1, -0.05) is 44.2 Å². The summed E-state index contributed by atoms with van der Waals surface area (Å²) >= 11 is 0. The molecule has 3 amide bonds. The van der Waals surface area contributed by atoms with Gasteiger partial charge in [0.25, 0.3) is 5.91 Å². The van der Waals surface area contributed by atoms with Crippen molar-refractivity contribution in [3.8, 4) is 0 Å². The zero-order valence-electron chi connectivity index (χ0n) is 22.2. The topological polar surface area (TPSA) is 69.7 Å². The Balaban J connectivity index is 1.50. The number of amides is 3. The molecule has 4 rings (SSSR count). The normalized spacial score (nSPS) is 20.3. The molecule has 0 aliphatic carbocycles. The van der Waals surface area contributed by atoms with Crippen LogP contribution in [0, 0.1) is 17.2 Å². The summed E-state index contributed by atoms with van der Waals surface area (Å²) in [5, 5.41) is 2.47. The van der Waals surface area contributed by atoms with Gasteiger partial charge in [0.1, 0.15) is 11.9 Å². The van der Waals surface area contributed by atoms with Crippen LogP contribution in [-0.2, 0) is 15.8 Å². The van der Waals surface area contributed by atoms with Gasteiger partial charge in [0.15, 0.2) is 0 Å². The van der Waals surface area contributed by atoms with Gasteiger partial charge >= 0.3 is 6.18 Å². The van der Waals surface area contributed by atoms with Crippen molar-refractivity contribution in [2.24, 2.45) is 11.3 Å². The van der Waals surface area contributed by atoms with E-state index in [0.717, 1.165) is 5.56 Å². The van der Waals surface area contributed by atoms with Crippen molar-refractivity contribution < 1.29 is 31.9 Å². The molecule has 2 aromatic carbocycles. The second-order valence-electron chi connectivity index (χ2n) is 11.0. The number of benzene rings is 2. The maximum atomic E-state index is 14.3. The first-order chi connectivity index (χ1) is 18.3. The van der Waals surface area contributed by atoms with Gasteiger partial charge in [-0.05, 0) is 47.9 Å². The van der Waals surface area contributed by atoms with Gasteiger partial charge in [-0.2, -0.15) is 13.2 Å². The van der Waals surface area contributed by atoms with E-state index in [2.05, 4.69) is 17.4 Å². The molecule has 6 nitrogen and oxygen atoms in total. The van der Waals surface area contributed by atoms with Crippen molar-refractivity contribution in [2.75, 3.05) is 26.7 Å². The lowest BCUT2D eigenvalue weighted by Crippen LogP contribution is -2.57. The van der Waals surface area contributed by atoms with Crippen LogP contribution in [0.25, 0.3) is 0 Å². The number of alkyl halides is 3. The standard InChI is InChI=1S/C29H33F4N3O3/c1-18(2)25(34-26(38)21-15-20(29(31,32)33)9-10-23(21)30)27(39)36-13-11-28(12-14-36)16-24(37)35(3)17-22(28)19-7-5-4-6-8-19/h4-10,15,18,22,25H,11-14,16-17H2,1-3H3,(H,34,38)/t22?,25-/m1/s1. The number of rotatable bonds is 5. The highest BCUT2D eigenvalue weighted by Gasteiger charge is 2.48. The molecule has 2 fully saturated rings. The van der Waals surface area contributed by atoms with Gasteiger partial charge in [0.05, 0.1) is 11.1 Å². The summed E-state index contributed by atoms with van der Waals surface area (Å²) in [5.41, 5.74) is -1.08. The number of likely N-dealkylation sites (tertiary alicyclic amines) is 2. The van der Waals surface area contributed by atoms with E-state index in [1.54, 1.807) is 30.7 Å². The van der Waals surface area contributed by atoms with E-state index in [1.165, 1.54) is 0 Å². The molecule has 2 aromatic rings. The monoisotopic (exact) mass is 547 g/mol. The van der Waals surface area contributed by atoms with Crippen LogP contribution in [0.4, 0.5) is 17.6 Å². The van der Waals surface area contributed by atoms with Gasteiger partial charge in [0, 0.05) is 39.0 Å². The highest BCUT2D eigenvalue weighted by atomic mass is 19.4. The Labute approximate surface area is 225 Å². The Hall–Kier alpha value is -3.43. The summed E-state index contributed by atoms with van der Waals surface area (Å²) in [6.45, 7) is 4.74. The van der Waals surface area contributed by atoms with Crippen LogP contribution in [-0.4, -0.2) is 60.2 Å². The molecule has 210 valence electrons. The van der Waals surface area contributed by atoms with Gasteiger partial charge in [0.2, 0.25) is 11.8 Å². The summed E-state index contributed by atoms with van der Waals surface area (Å²) in [6.07, 6.45) is -3.17. The number of nitrogens with zero attached hydrogens (tertiary/aromatic N) is 2. The third-order valence-electron chi connectivity index (χ3n) is 8.16. The largest absolute Gasteiger partial charge is 0.416 e. The molecule has 0 saturated carbocycles. The maximum absolute atomic E-state index is 14.3. The Morgan fingerprint density at radius 2 is 1.69 bits per heavy atom. The molecule has 2 heterocycles. The number of piperidine rings is 2. The summed E-state index contributed by atoms with van der Waals surface area (Å²) in [4.78, 5) is 42.4. The molecular weight excluding hydrogens is 514 g/mol. The quantitative estimate of drug-likeness (QED) is 0.544. The molecule has 2 atom stereocenters. The Morgan fingerprint density at radius 3 is 2.28 bits per heavy atom. The third-order valence-corrected chi connectivity index (χ3v) is 8.16. The number of carbonyl (C=O) groups excluding carboxylic acids is 3. The summed E-state index contributed by atoms with van der Waals surface area (Å²) < 4.78 is 53.7. The first-order valence-corrected chi connectivity index (χ1v) is 13.1. The van der Waals surface area contributed by atoms with Crippen LogP contribution >= 0.6 is 0 Å². The highest BCUT2D eigenvalue weighted by Crippen LogP contribution is 2.50. The number of hydrogen-bond acceptors (Lipinski definition) is 3. The van der Waals surface area contributed by atoms with Gasteiger partial charge in [-0.25, -0.2) is 4.39 Å². The maximum Gasteiger partial charge on any atom is 0.416 e. The van der Waals surface area contributed by atoms with Crippen LogP contribution in [0.2, 0.25) is 0 Å². The van der Waals surface area contributed by atoms with Crippen LogP contribution in [0.15, 0.2) is 48.5 Å². The minimum absolute atomic E-state index is 0.0670. The predicted octanol–water partition coefficient (Wildman–Crippen LogP) is 4.85. The van der Waals surface area contributed by atoms with Gasteiger partial charge < -0.3 is 15.1 Å². The van der Waals surface area contributed by atoms with E-state index in [4.69, 9.17) is 0 Å². The molecular formula is C29H33F4N3O3. The minimum atomic E-state index is -4.74. The van der Waals surface area contributed by atoms with Crippen molar-refractivity contribution in [3.05, 3.63) is 71.0 Å². The number of likely N-dealkylation sites (N-methyl/N-ethyl adjacent to an activating group) is 1. The number of hydrogen-bond donors (Lipinski definition) is 1. The van der Waals surface area contributed by atoms with Gasteiger partial charge in [-0.3, -0.25) is 14.4 Å². The second-order valence-corrected chi connectivity index (χ2v) is 11.0. The smallest absolute Gasteiger partial charge is 0.345 e. The Morgan fingerprint density at radius 1 is 1.05 bits per heavy atom. The van der Waals surface area contributed by atoms with E-state index in [0.29, 0.717) is 57.1 Å². The zero-order valence-corrected chi connectivity index (χ0v) is 22.2. The molecule has 0 aromatic heterocycles. The lowest BCUT2D eigenvalue weighted by atomic mass is 9.62. The zero-order chi connectivity index (χ0) is 28.5. The number of nitrogens with one attached hydrogen (secondary N) is 1. The first-order valence-electron chi connectivity index (χ1n) is 13.1. The summed E-state index contributed by atoms with van der Waals surface area (Å²) in [6, 6.07) is 10.6. The highest BCUT2D eigenvalue weighted by molar-refractivity contribution is 5.98. The lowest BCUT2D eigenvalue weighted by molar-refractivity contribution is -0.143. The van der Waals surface area contributed by atoms with E-state index in [9.17, 15) is 31.9 Å². The average molecular weight is 548 g/mol. The summed E-state index contributed by atoms with van der Waals surface area (Å²) in [7, 11) is 1.80. The third kappa shape index (κ3) is 5.94. The number of halogens is 4. The van der Waals surface area contributed by atoms with E-state index in [-0.39, 0.29) is 23.1 Å². The van der Waals surface area contributed by atoms with Crippen molar-refractivity contribution in [1.82, 2.24) is 15.1 Å².